The van der Waals surface area contributed by atoms with Crippen LogP contribution in [0.4, 0.5) is 13.2 Å². The second-order valence-electron chi connectivity index (χ2n) is 2.62. The molecule has 0 fully saturated rings. The molecule has 0 spiro atoms. The highest BCUT2D eigenvalue weighted by Gasteiger charge is 2.21. The monoisotopic (exact) mass is 284 g/mol. The van der Waals surface area contributed by atoms with Gasteiger partial charge in [-0.3, -0.25) is 0 Å². The van der Waals surface area contributed by atoms with Crippen LogP contribution in [-0.2, 0) is 4.74 Å². The molecule has 1 aromatic carbocycles. The standard InChI is InChI=1S/C9H8BrF3O2/c1-14-4-15-6-3-2-5(10)8(11)7(6)9(12)13/h2-3,9H,4H2,1H3. The summed E-state index contributed by atoms with van der Waals surface area (Å²) in [4.78, 5) is 0. The van der Waals surface area contributed by atoms with Crippen molar-refractivity contribution in [2.45, 2.75) is 6.43 Å². The molecule has 0 bridgehead atoms. The molecule has 1 rings (SSSR count). The summed E-state index contributed by atoms with van der Waals surface area (Å²) in [7, 11) is 1.34. The van der Waals surface area contributed by atoms with E-state index in [4.69, 9.17) is 4.74 Å². The van der Waals surface area contributed by atoms with Gasteiger partial charge in [-0.1, -0.05) is 0 Å². The van der Waals surface area contributed by atoms with Crippen LogP contribution < -0.4 is 4.74 Å². The van der Waals surface area contributed by atoms with Crippen LogP contribution in [0.25, 0.3) is 0 Å². The Morgan fingerprint density at radius 3 is 2.60 bits per heavy atom. The van der Waals surface area contributed by atoms with Gasteiger partial charge in [0.1, 0.15) is 11.6 Å². The van der Waals surface area contributed by atoms with Crippen molar-refractivity contribution in [1.82, 2.24) is 0 Å². The molecule has 0 amide bonds. The van der Waals surface area contributed by atoms with Gasteiger partial charge in [-0.05, 0) is 28.1 Å². The molecular formula is C9H8BrF3O2. The smallest absolute Gasteiger partial charge is 0.270 e. The van der Waals surface area contributed by atoms with Crippen molar-refractivity contribution in [3.63, 3.8) is 0 Å². The third-order valence-corrected chi connectivity index (χ3v) is 2.26. The zero-order chi connectivity index (χ0) is 11.4. The maximum atomic E-state index is 13.3. The number of alkyl halides is 2. The number of rotatable bonds is 4. The molecule has 6 heteroatoms. The lowest BCUT2D eigenvalue weighted by Crippen LogP contribution is -2.04. The summed E-state index contributed by atoms with van der Waals surface area (Å²) in [6.45, 7) is -0.208. The second kappa shape index (κ2) is 5.37. The Balaban J connectivity index is 3.09. The van der Waals surface area contributed by atoms with E-state index in [9.17, 15) is 13.2 Å². The molecule has 0 aromatic heterocycles. The van der Waals surface area contributed by atoms with E-state index in [0.717, 1.165) is 0 Å². The summed E-state index contributed by atoms with van der Waals surface area (Å²) in [6, 6.07) is 2.56. The molecule has 15 heavy (non-hydrogen) atoms. The number of benzene rings is 1. The molecule has 0 aliphatic carbocycles. The lowest BCUT2D eigenvalue weighted by atomic mass is 10.2. The van der Waals surface area contributed by atoms with Gasteiger partial charge in [0.2, 0.25) is 0 Å². The first-order chi connectivity index (χ1) is 7.07. The maximum absolute atomic E-state index is 13.3. The first-order valence-corrected chi connectivity index (χ1v) is 4.75. The van der Waals surface area contributed by atoms with E-state index in [1.807, 2.05) is 0 Å². The molecule has 0 saturated carbocycles. The molecule has 0 heterocycles. The zero-order valence-corrected chi connectivity index (χ0v) is 9.35. The SMILES string of the molecule is COCOc1ccc(Br)c(F)c1C(F)F. The fourth-order valence-corrected chi connectivity index (χ4v) is 1.35. The van der Waals surface area contributed by atoms with Crippen LogP contribution in [0, 0.1) is 5.82 Å². The number of ether oxygens (including phenoxy) is 2. The van der Waals surface area contributed by atoms with Crippen molar-refractivity contribution >= 4 is 15.9 Å². The van der Waals surface area contributed by atoms with E-state index < -0.39 is 17.8 Å². The third-order valence-electron chi connectivity index (χ3n) is 1.64. The van der Waals surface area contributed by atoms with E-state index in [1.54, 1.807) is 0 Å². The summed E-state index contributed by atoms with van der Waals surface area (Å²) in [5, 5.41) is 0. The molecule has 0 saturated heterocycles. The highest BCUT2D eigenvalue weighted by molar-refractivity contribution is 9.10. The molecule has 84 valence electrons. The van der Waals surface area contributed by atoms with Crippen molar-refractivity contribution in [3.8, 4) is 5.75 Å². The summed E-state index contributed by atoms with van der Waals surface area (Å²) < 4.78 is 47.7. The molecule has 0 N–H and O–H groups in total. The molecular weight excluding hydrogens is 277 g/mol. The molecule has 2 nitrogen and oxygen atoms in total. The summed E-state index contributed by atoms with van der Waals surface area (Å²) in [5.41, 5.74) is -0.763. The molecule has 1 aromatic rings. The fourth-order valence-electron chi connectivity index (χ4n) is 1.00. The van der Waals surface area contributed by atoms with Gasteiger partial charge in [0.05, 0.1) is 10.0 Å². The van der Waals surface area contributed by atoms with E-state index >= 15 is 0 Å². The predicted octanol–water partition coefficient (Wildman–Crippen LogP) is 3.51. The quantitative estimate of drug-likeness (QED) is 0.788. The summed E-state index contributed by atoms with van der Waals surface area (Å²) in [5.74, 6) is -1.23. The van der Waals surface area contributed by atoms with E-state index in [0.29, 0.717) is 0 Å². The topological polar surface area (TPSA) is 18.5 Å². The number of hydrogen-bond acceptors (Lipinski definition) is 2. The lowest BCUT2D eigenvalue weighted by Gasteiger charge is -2.11. The maximum Gasteiger partial charge on any atom is 0.270 e. The van der Waals surface area contributed by atoms with Gasteiger partial charge in [0, 0.05) is 7.11 Å². The summed E-state index contributed by atoms with van der Waals surface area (Å²) >= 11 is 2.82. The van der Waals surface area contributed by atoms with Crippen molar-refractivity contribution in [2.75, 3.05) is 13.9 Å². The minimum absolute atomic E-state index is 0.0254. The molecule has 0 unspecified atom stereocenters. The highest BCUT2D eigenvalue weighted by atomic mass is 79.9. The van der Waals surface area contributed by atoms with Crippen LogP contribution in [0.15, 0.2) is 16.6 Å². The molecule has 0 radical (unpaired) electrons. The van der Waals surface area contributed by atoms with Crippen molar-refractivity contribution in [3.05, 3.63) is 28.0 Å². The van der Waals surface area contributed by atoms with E-state index in [2.05, 4.69) is 20.7 Å². The predicted molar refractivity (Wildman–Crippen MR) is 51.6 cm³/mol. The van der Waals surface area contributed by atoms with Crippen molar-refractivity contribution < 1.29 is 22.6 Å². The zero-order valence-electron chi connectivity index (χ0n) is 7.77. The average Bonchev–Trinajstić information content (AvgIpc) is 2.19. The molecule has 0 atom stereocenters. The van der Waals surface area contributed by atoms with Gasteiger partial charge in [-0.15, -0.1) is 0 Å². The average molecular weight is 285 g/mol. The number of hydrogen-bond donors (Lipinski definition) is 0. The minimum Gasteiger partial charge on any atom is -0.467 e. The first-order valence-electron chi connectivity index (χ1n) is 3.95. The Morgan fingerprint density at radius 2 is 2.07 bits per heavy atom. The Kier molecular flexibility index (Phi) is 4.41. The van der Waals surface area contributed by atoms with Crippen molar-refractivity contribution in [2.24, 2.45) is 0 Å². The second-order valence-corrected chi connectivity index (χ2v) is 3.48. The highest BCUT2D eigenvalue weighted by Crippen LogP contribution is 2.35. The van der Waals surface area contributed by atoms with Crippen LogP contribution in [-0.4, -0.2) is 13.9 Å². The van der Waals surface area contributed by atoms with Gasteiger partial charge >= 0.3 is 0 Å². The Bertz CT molecular complexity index is 344. The van der Waals surface area contributed by atoms with Gasteiger partial charge in [-0.25, -0.2) is 13.2 Å². The third kappa shape index (κ3) is 2.85. The first kappa shape index (κ1) is 12.3. The van der Waals surface area contributed by atoms with Gasteiger partial charge < -0.3 is 9.47 Å². The lowest BCUT2D eigenvalue weighted by molar-refractivity contribution is 0.0459. The van der Waals surface area contributed by atoms with Crippen LogP contribution in [0.3, 0.4) is 0 Å². The number of halogens is 4. The van der Waals surface area contributed by atoms with Gasteiger partial charge in [0.25, 0.3) is 6.43 Å². The Hall–Kier alpha value is -0.750. The summed E-state index contributed by atoms with van der Waals surface area (Å²) in [6.07, 6.45) is -2.94. The Labute approximate surface area is 93.1 Å². The van der Waals surface area contributed by atoms with Crippen molar-refractivity contribution in [1.29, 1.82) is 0 Å². The van der Waals surface area contributed by atoms with Crippen LogP contribution in [0.5, 0.6) is 5.75 Å². The van der Waals surface area contributed by atoms with Crippen LogP contribution in [0.1, 0.15) is 12.0 Å². The van der Waals surface area contributed by atoms with E-state index in [1.165, 1.54) is 19.2 Å². The molecule has 0 aliphatic rings. The van der Waals surface area contributed by atoms with Crippen LogP contribution >= 0.6 is 15.9 Å². The van der Waals surface area contributed by atoms with Gasteiger partial charge in [0.15, 0.2) is 6.79 Å². The Morgan fingerprint density at radius 1 is 1.40 bits per heavy atom. The fraction of sp³-hybridized carbons (Fsp3) is 0.333. The normalized spacial score (nSPS) is 10.8. The number of methoxy groups -OCH3 is 1. The van der Waals surface area contributed by atoms with Gasteiger partial charge in [-0.2, -0.15) is 0 Å². The largest absolute Gasteiger partial charge is 0.467 e. The van der Waals surface area contributed by atoms with Crippen LogP contribution in [0.2, 0.25) is 0 Å². The minimum atomic E-state index is -2.94. The van der Waals surface area contributed by atoms with E-state index in [-0.39, 0.29) is 17.0 Å². The molecule has 0 aliphatic heterocycles.